The fourth-order valence-corrected chi connectivity index (χ4v) is 5.90. The molecule has 3 fully saturated rings. The number of aromatic nitrogens is 2. The highest BCUT2D eigenvalue weighted by Gasteiger charge is 2.28. The number of fused-ring (bicyclic) bond motifs is 1. The second-order valence-corrected chi connectivity index (χ2v) is 11.2. The van der Waals surface area contributed by atoms with E-state index >= 15 is 0 Å². The van der Waals surface area contributed by atoms with E-state index < -0.39 is 0 Å². The number of carbonyl (C=O) groups excluding carboxylic acids is 1. The summed E-state index contributed by atoms with van der Waals surface area (Å²) in [5.74, 6) is 0.597. The molecule has 0 radical (unpaired) electrons. The molecule has 3 aliphatic rings. The molecule has 10 heteroatoms. The smallest absolute Gasteiger partial charge is 0.261 e. The number of methoxy groups -OCH3 is 1. The van der Waals surface area contributed by atoms with Crippen LogP contribution in [-0.2, 0) is 31.9 Å². The average molecular weight is 563 g/mol. The number of hydrogen-bond donors (Lipinski definition) is 1. The van der Waals surface area contributed by atoms with Gasteiger partial charge in [0.05, 0.1) is 56.1 Å². The summed E-state index contributed by atoms with van der Waals surface area (Å²) in [6.45, 7) is 8.98. The molecule has 1 amide bonds. The largest absolute Gasteiger partial charge is 0.382 e. The highest BCUT2D eigenvalue weighted by Crippen LogP contribution is 2.30. The minimum atomic E-state index is -0.186. The Hall–Kier alpha value is -3.31. The van der Waals surface area contributed by atoms with Crippen molar-refractivity contribution in [2.24, 2.45) is 0 Å². The number of rotatable bonds is 9. The fourth-order valence-electron chi connectivity index (χ4n) is 5.90. The molecule has 0 spiro atoms. The summed E-state index contributed by atoms with van der Waals surface area (Å²) in [5, 5.41) is 3.60. The summed E-state index contributed by atoms with van der Waals surface area (Å²) in [7, 11) is 1.68. The molecule has 3 aliphatic heterocycles. The Bertz CT molecular complexity index is 1470. The zero-order valence-corrected chi connectivity index (χ0v) is 24.0. The Morgan fingerprint density at radius 2 is 1.90 bits per heavy atom. The molecule has 6 rings (SSSR count). The number of hydrogen-bond acceptors (Lipinski definition) is 8. The van der Waals surface area contributed by atoms with Crippen LogP contribution in [0.1, 0.15) is 45.4 Å². The summed E-state index contributed by atoms with van der Waals surface area (Å²) in [6, 6.07) is 9.84. The van der Waals surface area contributed by atoms with Gasteiger partial charge in [-0.2, -0.15) is 0 Å². The highest BCUT2D eigenvalue weighted by atomic mass is 16.5. The topological polar surface area (TPSA) is 104 Å². The molecule has 218 valence electrons. The van der Waals surface area contributed by atoms with Crippen LogP contribution in [0.3, 0.4) is 0 Å². The van der Waals surface area contributed by atoms with Crippen LogP contribution in [0.15, 0.2) is 35.1 Å². The summed E-state index contributed by atoms with van der Waals surface area (Å²) >= 11 is 0. The number of amides is 1. The first kappa shape index (κ1) is 27.8. The van der Waals surface area contributed by atoms with Gasteiger partial charge in [0.15, 0.2) is 0 Å². The Morgan fingerprint density at radius 1 is 1.12 bits per heavy atom. The third-order valence-corrected chi connectivity index (χ3v) is 8.33. The Balaban J connectivity index is 1.26. The fraction of sp³-hybridized carbons (Fsp3) is 0.516. The van der Waals surface area contributed by atoms with E-state index in [9.17, 15) is 9.59 Å². The lowest BCUT2D eigenvalue weighted by atomic mass is 9.96. The minimum absolute atomic E-state index is 0.0112. The molecule has 2 aromatic carbocycles. The molecular formula is C31H38N4O6. The van der Waals surface area contributed by atoms with Crippen LogP contribution in [0, 0.1) is 13.8 Å². The maximum atomic E-state index is 13.8. The number of aryl methyl sites for hydroxylation is 2. The molecule has 1 N–H and O–H groups in total. The van der Waals surface area contributed by atoms with Gasteiger partial charge in [-0.3, -0.25) is 14.2 Å². The molecule has 1 aromatic heterocycles. The third-order valence-electron chi connectivity index (χ3n) is 8.33. The molecule has 3 aromatic rings. The van der Waals surface area contributed by atoms with Crippen molar-refractivity contribution in [3.05, 3.63) is 68.8 Å². The van der Waals surface area contributed by atoms with E-state index in [0.29, 0.717) is 68.3 Å². The second kappa shape index (κ2) is 11.9. The van der Waals surface area contributed by atoms with Crippen molar-refractivity contribution in [2.45, 2.75) is 51.5 Å². The van der Waals surface area contributed by atoms with E-state index in [2.05, 4.69) is 10.2 Å². The number of anilines is 1. The van der Waals surface area contributed by atoms with Crippen molar-refractivity contribution in [1.82, 2.24) is 14.9 Å². The van der Waals surface area contributed by atoms with Gasteiger partial charge in [-0.25, -0.2) is 4.98 Å². The predicted molar refractivity (Wildman–Crippen MR) is 155 cm³/mol. The van der Waals surface area contributed by atoms with Crippen LogP contribution in [0.5, 0.6) is 0 Å². The van der Waals surface area contributed by atoms with Crippen molar-refractivity contribution >= 4 is 22.5 Å². The third kappa shape index (κ3) is 5.74. The van der Waals surface area contributed by atoms with Crippen LogP contribution in [-0.4, -0.2) is 80.8 Å². The van der Waals surface area contributed by atoms with E-state index in [-0.39, 0.29) is 29.7 Å². The standard InChI is InChI=1S/C31H38N4O6/c1-19-12-21(30(36)32-22-16-39-17-22)13-20(2)25(19)6-8-35-29(28-7-10-41-28)33-27-14-23(4-5-26(27)31(35)37)34-9-11-40-24(15-34)18-38-3/h4-5,12-14,22,24,28H,6-11,15-18H2,1-3H3,(H,32,36)/t24-,28+/m1/s1. The average Bonchev–Trinajstić information content (AvgIpc) is 2.90. The van der Waals surface area contributed by atoms with Crippen LogP contribution >= 0.6 is 0 Å². The van der Waals surface area contributed by atoms with Gasteiger partial charge in [0.2, 0.25) is 0 Å². The van der Waals surface area contributed by atoms with Gasteiger partial charge in [0.1, 0.15) is 11.9 Å². The Morgan fingerprint density at radius 3 is 2.56 bits per heavy atom. The van der Waals surface area contributed by atoms with Crippen molar-refractivity contribution in [3.8, 4) is 0 Å². The van der Waals surface area contributed by atoms with Crippen LogP contribution in [0.2, 0.25) is 0 Å². The molecule has 0 bridgehead atoms. The van der Waals surface area contributed by atoms with Gasteiger partial charge in [-0.15, -0.1) is 0 Å². The number of nitrogens with zero attached hydrogens (tertiary/aromatic N) is 3. The normalized spacial score (nSPS) is 21.0. The SMILES string of the molecule is COC[C@H]1CN(c2ccc3c(=O)n(CCc4c(C)cc(C(=O)NC5COC5)cc4C)c([C@@H]4CCO4)nc3c2)CCO1. The number of carbonyl (C=O) groups is 1. The maximum absolute atomic E-state index is 13.8. The second-order valence-electron chi connectivity index (χ2n) is 11.2. The molecule has 4 heterocycles. The zero-order valence-electron chi connectivity index (χ0n) is 24.0. The van der Waals surface area contributed by atoms with Crippen LogP contribution in [0.25, 0.3) is 10.9 Å². The maximum Gasteiger partial charge on any atom is 0.261 e. The number of nitrogens with one attached hydrogen (secondary N) is 1. The van der Waals surface area contributed by atoms with Gasteiger partial charge in [-0.1, -0.05) is 0 Å². The van der Waals surface area contributed by atoms with E-state index in [1.807, 2.05) is 44.2 Å². The highest BCUT2D eigenvalue weighted by molar-refractivity contribution is 5.95. The molecule has 0 aliphatic carbocycles. The van der Waals surface area contributed by atoms with Gasteiger partial charge in [0.25, 0.3) is 11.5 Å². The van der Waals surface area contributed by atoms with E-state index in [0.717, 1.165) is 41.9 Å². The van der Waals surface area contributed by atoms with Gasteiger partial charge in [0, 0.05) is 44.4 Å². The lowest BCUT2D eigenvalue weighted by Crippen LogP contribution is -2.48. The Labute approximate surface area is 239 Å². The van der Waals surface area contributed by atoms with Crippen molar-refractivity contribution in [1.29, 1.82) is 0 Å². The van der Waals surface area contributed by atoms with E-state index in [4.69, 9.17) is 23.9 Å². The van der Waals surface area contributed by atoms with E-state index in [1.54, 1.807) is 11.7 Å². The molecule has 10 nitrogen and oxygen atoms in total. The van der Waals surface area contributed by atoms with Gasteiger partial charge in [-0.05, 0) is 67.3 Å². The summed E-state index contributed by atoms with van der Waals surface area (Å²) in [5.41, 5.74) is 5.49. The molecule has 2 atom stereocenters. The quantitative estimate of drug-likeness (QED) is 0.425. The molecule has 0 saturated carbocycles. The molecule has 0 unspecified atom stereocenters. The first-order valence-corrected chi connectivity index (χ1v) is 14.4. The first-order valence-electron chi connectivity index (χ1n) is 14.4. The summed E-state index contributed by atoms with van der Waals surface area (Å²) in [6.07, 6.45) is 1.31. The van der Waals surface area contributed by atoms with Crippen LogP contribution < -0.4 is 15.8 Å². The van der Waals surface area contributed by atoms with Crippen molar-refractivity contribution in [2.75, 3.05) is 58.1 Å². The van der Waals surface area contributed by atoms with Gasteiger partial charge < -0.3 is 29.2 Å². The minimum Gasteiger partial charge on any atom is -0.382 e. The van der Waals surface area contributed by atoms with Crippen molar-refractivity contribution < 1.29 is 23.7 Å². The number of benzene rings is 2. The lowest BCUT2D eigenvalue weighted by molar-refractivity contribution is -0.0604. The molecule has 3 saturated heterocycles. The van der Waals surface area contributed by atoms with Crippen LogP contribution in [0.4, 0.5) is 5.69 Å². The summed E-state index contributed by atoms with van der Waals surface area (Å²) < 4.78 is 23.9. The lowest BCUT2D eigenvalue weighted by Gasteiger charge is -2.34. The Kier molecular flexibility index (Phi) is 8.07. The molecular weight excluding hydrogens is 524 g/mol. The monoisotopic (exact) mass is 562 g/mol. The van der Waals surface area contributed by atoms with E-state index in [1.165, 1.54) is 0 Å². The first-order chi connectivity index (χ1) is 19.9. The van der Waals surface area contributed by atoms with Gasteiger partial charge >= 0.3 is 0 Å². The number of ether oxygens (including phenoxy) is 4. The predicted octanol–water partition coefficient (Wildman–Crippen LogP) is 2.70. The summed E-state index contributed by atoms with van der Waals surface area (Å²) in [4.78, 5) is 33.8. The van der Waals surface area contributed by atoms with Crippen molar-refractivity contribution in [3.63, 3.8) is 0 Å². The number of morpholine rings is 1. The molecule has 41 heavy (non-hydrogen) atoms. The zero-order chi connectivity index (χ0) is 28.5.